The van der Waals surface area contributed by atoms with E-state index in [4.69, 9.17) is 4.74 Å². The van der Waals surface area contributed by atoms with Crippen LogP contribution in [0, 0.1) is 0 Å². The minimum atomic E-state index is -4.50. The summed E-state index contributed by atoms with van der Waals surface area (Å²) in [5.41, 5.74) is 3.41. The van der Waals surface area contributed by atoms with Gasteiger partial charge in [0.15, 0.2) is 5.82 Å². The zero-order chi connectivity index (χ0) is 24.3. The van der Waals surface area contributed by atoms with Crippen molar-refractivity contribution in [1.82, 2.24) is 14.9 Å². The van der Waals surface area contributed by atoms with Crippen molar-refractivity contribution >= 4 is 23.4 Å². The first-order chi connectivity index (χ1) is 16.3. The van der Waals surface area contributed by atoms with E-state index < -0.39 is 28.9 Å². The molecule has 0 saturated heterocycles. The lowest BCUT2D eigenvalue weighted by Crippen LogP contribution is -2.41. The Kier molecular flexibility index (Phi) is 7.01. The highest BCUT2D eigenvalue weighted by Crippen LogP contribution is 2.38. The van der Waals surface area contributed by atoms with Gasteiger partial charge in [0.2, 0.25) is 11.1 Å². The Bertz CT molecular complexity index is 1150. The molecule has 0 radical (unpaired) electrons. The molecule has 0 saturated carbocycles. The number of nitrogens with zero attached hydrogens (tertiary/aromatic N) is 3. The predicted octanol–water partition coefficient (Wildman–Crippen LogP) is 5.05. The Morgan fingerprint density at radius 2 is 1.94 bits per heavy atom. The average Bonchev–Trinajstić information content (AvgIpc) is 3.21. The zero-order valence-electron chi connectivity index (χ0n) is 18.6. The lowest BCUT2D eigenvalue weighted by molar-refractivity contribution is -0.137. The lowest BCUT2D eigenvalue weighted by atomic mass is 10.0. The molecule has 1 amide bonds. The zero-order valence-corrected chi connectivity index (χ0v) is 19.4. The van der Waals surface area contributed by atoms with Crippen molar-refractivity contribution in [3.63, 3.8) is 0 Å². The molecule has 3 aromatic rings. The molecule has 1 aliphatic heterocycles. The topological polar surface area (TPSA) is 81.1 Å². The van der Waals surface area contributed by atoms with Crippen LogP contribution in [0.25, 0.3) is 0 Å². The van der Waals surface area contributed by atoms with E-state index in [-0.39, 0.29) is 5.69 Å². The van der Waals surface area contributed by atoms with Gasteiger partial charge in [-0.2, -0.15) is 13.2 Å². The Morgan fingerprint density at radius 1 is 1.18 bits per heavy atom. The van der Waals surface area contributed by atoms with Gasteiger partial charge in [-0.15, -0.1) is 10.2 Å². The number of fused-ring (bicyclic) bond motifs is 1. The maximum atomic E-state index is 13.3. The van der Waals surface area contributed by atoms with Crippen molar-refractivity contribution in [2.75, 3.05) is 17.3 Å². The number of benzene rings is 2. The van der Waals surface area contributed by atoms with E-state index in [0.717, 1.165) is 29.9 Å². The highest BCUT2D eigenvalue weighted by molar-refractivity contribution is 8.00. The molecule has 4 rings (SSSR count). The number of rotatable bonds is 7. The lowest BCUT2D eigenvalue weighted by Gasteiger charge is -2.33. The van der Waals surface area contributed by atoms with E-state index >= 15 is 0 Å². The number of halogens is 3. The van der Waals surface area contributed by atoms with Gasteiger partial charge in [-0.25, -0.2) is 4.68 Å². The van der Waals surface area contributed by atoms with Crippen molar-refractivity contribution < 1.29 is 22.7 Å². The summed E-state index contributed by atoms with van der Waals surface area (Å²) >= 11 is 1.22. The first-order valence-corrected chi connectivity index (χ1v) is 11.8. The van der Waals surface area contributed by atoms with E-state index in [0.29, 0.717) is 23.9 Å². The van der Waals surface area contributed by atoms with Gasteiger partial charge in [0.1, 0.15) is 11.0 Å². The highest BCUT2D eigenvalue weighted by atomic mass is 32.2. The SMILES string of the molecule is CCCc1nnc2n1N[C@@H](c1ccc(OCC)cc1)[C@@H](C(=O)Nc1cccc(C(F)(F)F)c1)S2. The number of aryl methyl sites for hydroxylation is 1. The normalized spacial score (nSPS) is 17.6. The summed E-state index contributed by atoms with van der Waals surface area (Å²) in [5.74, 6) is 1.01. The molecule has 0 aliphatic carbocycles. The fraction of sp³-hybridized carbons (Fsp3) is 0.348. The van der Waals surface area contributed by atoms with E-state index in [2.05, 4.69) is 20.9 Å². The molecule has 1 aromatic heterocycles. The second kappa shape index (κ2) is 9.96. The summed E-state index contributed by atoms with van der Waals surface area (Å²) in [6.45, 7) is 4.46. The number of alkyl halides is 3. The van der Waals surface area contributed by atoms with Crippen LogP contribution in [-0.2, 0) is 17.4 Å². The van der Waals surface area contributed by atoms with Crippen molar-refractivity contribution in [2.45, 2.75) is 49.3 Å². The minimum absolute atomic E-state index is 0.0737. The van der Waals surface area contributed by atoms with Crippen LogP contribution in [0.1, 0.15) is 43.3 Å². The molecular weight excluding hydrogens is 467 g/mol. The second-order valence-electron chi connectivity index (χ2n) is 7.70. The molecule has 2 N–H and O–H groups in total. The first-order valence-electron chi connectivity index (χ1n) is 10.9. The van der Waals surface area contributed by atoms with Gasteiger partial charge in [0.05, 0.1) is 18.2 Å². The third kappa shape index (κ3) is 5.14. The van der Waals surface area contributed by atoms with Gasteiger partial charge >= 0.3 is 6.18 Å². The molecule has 0 unspecified atom stereocenters. The number of ether oxygens (including phenoxy) is 1. The number of aromatic nitrogens is 3. The van der Waals surface area contributed by atoms with Crippen LogP contribution in [0.2, 0.25) is 0 Å². The molecule has 0 spiro atoms. The van der Waals surface area contributed by atoms with Gasteiger partial charge < -0.3 is 15.5 Å². The number of anilines is 1. The summed E-state index contributed by atoms with van der Waals surface area (Å²) in [6, 6.07) is 11.5. The Hall–Kier alpha value is -3.21. The molecule has 34 heavy (non-hydrogen) atoms. The number of amides is 1. The average molecular weight is 492 g/mol. The number of hydrogen-bond donors (Lipinski definition) is 2. The van der Waals surface area contributed by atoms with E-state index in [1.807, 2.05) is 38.1 Å². The minimum Gasteiger partial charge on any atom is -0.494 e. The summed E-state index contributed by atoms with van der Waals surface area (Å²) in [6.07, 6.45) is -2.92. The maximum Gasteiger partial charge on any atom is 0.416 e. The Balaban J connectivity index is 1.64. The summed E-state index contributed by atoms with van der Waals surface area (Å²) < 4.78 is 46.6. The molecule has 11 heteroatoms. The van der Waals surface area contributed by atoms with Gasteiger partial charge in [-0.3, -0.25) is 4.79 Å². The quantitative estimate of drug-likeness (QED) is 0.482. The number of carbonyl (C=O) groups is 1. The largest absolute Gasteiger partial charge is 0.494 e. The predicted molar refractivity (Wildman–Crippen MR) is 123 cm³/mol. The number of hydrogen-bond acceptors (Lipinski definition) is 6. The van der Waals surface area contributed by atoms with Crippen molar-refractivity contribution in [1.29, 1.82) is 0 Å². The van der Waals surface area contributed by atoms with E-state index in [9.17, 15) is 18.0 Å². The molecule has 7 nitrogen and oxygen atoms in total. The summed E-state index contributed by atoms with van der Waals surface area (Å²) in [5, 5.41) is 10.9. The van der Waals surface area contributed by atoms with Crippen LogP contribution in [0.4, 0.5) is 18.9 Å². The van der Waals surface area contributed by atoms with Crippen LogP contribution in [0.5, 0.6) is 5.75 Å². The highest BCUT2D eigenvalue weighted by Gasteiger charge is 2.38. The molecule has 2 aromatic carbocycles. The van der Waals surface area contributed by atoms with Crippen molar-refractivity contribution in [3.8, 4) is 5.75 Å². The molecular formula is C23H24F3N5O2S. The molecule has 180 valence electrons. The van der Waals surface area contributed by atoms with Gasteiger partial charge in [0, 0.05) is 12.1 Å². The fourth-order valence-electron chi connectivity index (χ4n) is 3.66. The third-order valence-electron chi connectivity index (χ3n) is 5.24. The van der Waals surface area contributed by atoms with Crippen molar-refractivity contribution in [2.24, 2.45) is 0 Å². The van der Waals surface area contributed by atoms with Gasteiger partial charge in [-0.05, 0) is 49.2 Å². The van der Waals surface area contributed by atoms with Crippen molar-refractivity contribution in [3.05, 3.63) is 65.5 Å². The third-order valence-corrected chi connectivity index (χ3v) is 6.46. The molecule has 2 heterocycles. The van der Waals surface area contributed by atoms with Crippen LogP contribution in [0.15, 0.2) is 53.7 Å². The maximum absolute atomic E-state index is 13.3. The monoisotopic (exact) mass is 491 g/mol. The van der Waals surface area contributed by atoms with Gasteiger partial charge in [0.25, 0.3) is 0 Å². The molecule has 1 aliphatic rings. The van der Waals surface area contributed by atoms with Gasteiger partial charge in [-0.1, -0.05) is 36.9 Å². The van der Waals surface area contributed by atoms with E-state index in [1.54, 1.807) is 4.68 Å². The number of nitrogens with one attached hydrogen (secondary N) is 2. The summed E-state index contributed by atoms with van der Waals surface area (Å²) in [7, 11) is 0. The van der Waals surface area contributed by atoms with Crippen LogP contribution in [-0.4, -0.2) is 32.6 Å². The standard InChI is InChI=1S/C23H24F3N5O2S/c1-3-6-18-28-29-22-31(18)30-19(14-9-11-17(12-10-14)33-4-2)20(34-22)21(32)27-16-8-5-7-15(13-16)23(24,25)26/h5,7-13,19-20,30H,3-4,6H2,1-2H3,(H,27,32)/t19-,20-/m0/s1. The fourth-order valence-corrected chi connectivity index (χ4v) is 4.76. The molecule has 0 bridgehead atoms. The van der Waals surface area contributed by atoms with Crippen LogP contribution in [0.3, 0.4) is 0 Å². The Morgan fingerprint density at radius 3 is 2.62 bits per heavy atom. The number of carbonyl (C=O) groups excluding carboxylic acids is 1. The Labute approximate surface area is 199 Å². The van der Waals surface area contributed by atoms with E-state index in [1.165, 1.54) is 23.9 Å². The smallest absolute Gasteiger partial charge is 0.416 e. The first kappa shape index (κ1) is 23.9. The second-order valence-corrected chi connectivity index (χ2v) is 8.81. The van der Waals surface area contributed by atoms with Crippen LogP contribution < -0.4 is 15.5 Å². The summed E-state index contributed by atoms with van der Waals surface area (Å²) in [4.78, 5) is 13.3. The number of thioether (sulfide) groups is 1. The van der Waals surface area contributed by atoms with Crippen LogP contribution >= 0.6 is 11.8 Å². The molecule has 0 fully saturated rings. The molecule has 2 atom stereocenters.